The molecule has 0 saturated carbocycles. The van der Waals surface area contributed by atoms with E-state index >= 15 is 0 Å². The number of hydrogen-bond acceptors (Lipinski definition) is 4. The first-order chi connectivity index (χ1) is 14.6. The molecule has 0 bridgehead atoms. The molecule has 0 aliphatic carbocycles. The minimum Gasteiger partial charge on any atom is -0.368 e. The molecule has 1 amide bonds. The van der Waals surface area contributed by atoms with Gasteiger partial charge in [-0.25, -0.2) is 0 Å². The highest BCUT2D eigenvalue weighted by molar-refractivity contribution is 14.0. The maximum absolute atomic E-state index is 12.7. The number of rotatable bonds is 4. The number of anilines is 1. The predicted octanol–water partition coefficient (Wildman–Crippen LogP) is 1.75. The first kappa shape index (κ1) is 23.4. The van der Waals surface area contributed by atoms with Crippen molar-refractivity contribution in [2.24, 2.45) is 12.0 Å². The zero-order valence-electron chi connectivity index (χ0n) is 18.3. The largest absolute Gasteiger partial charge is 0.368 e. The molecule has 2 aliphatic rings. The highest BCUT2D eigenvalue weighted by atomic mass is 127. The van der Waals surface area contributed by atoms with Crippen molar-refractivity contribution >= 4 is 41.5 Å². The molecular formula is C22H32IN7O. The predicted molar refractivity (Wildman–Crippen MR) is 134 cm³/mol. The second kappa shape index (κ2) is 10.8. The van der Waals surface area contributed by atoms with Crippen molar-refractivity contribution < 1.29 is 4.79 Å². The van der Waals surface area contributed by atoms with E-state index < -0.39 is 0 Å². The van der Waals surface area contributed by atoms with E-state index in [1.807, 2.05) is 28.9 Å². The molecular weight excluding hydrogens is 505 g/mol. The van der Waals surface area contributed by atoms with Crippen molar-refractivity contribution in [2.75, 3.05) is 57.8 Å². The smallest absolute Gasteiger partial charge is 0.242 e. The van der Waals surface area contributed by atoms with E-state index in [0.29, 0.717) is 5.92 Å². The molecule has 0 radical (unpaired) electrons. The Morgan fingerprint density at radius 1 is 1.13 bits per heavy atom. The number of nitrogens with zero attached hydrogens (tertiary/aromatic N) is 6. The molecule has 1 aromatic heterocycles. The first-order valence-corrected chi connectivity index (χ1v) is 10.7. The topological polar surface area (TPSA) is 69.0 Å². The van der Waals surface area contributed by atoms with Crippen molar-refractivity contribution in [3.8, 4) is 0 Å². The summed E-state index contributed by atoms with van der Waals surface area (Å²) in [7, 11) is 3.73. The standard InChI is InChI=1S/C22H31N7O.HI/c1-23-22(29-9-8-18(17-29)19-14-25-26(2)16-19)24-15-21(30)28-12-10-27(11-13-28)20-6-4-3-5-7-20;/h3-7,14,16,18H,8-13,15,17H2,1-2H3,(H,23,24);1H. The number of likely N-dealkylation sites (tertiary alicyclic amines) is 1. The van der Waals surface area contributed by atoms with Gasteiger partial charge in [-0.15, -0.1) is 24.0 Å². The third-order valence-electron chi connectivity index (χ3n) is 6.05. The molecule has 2 fully saturated rings. The van der Waals surface area contributed by atoms with Gasteiger partial charge in [-0.1, -0.05) is 18.2 Å². The summed E-state index contributed by atoms with van der Waals surface area (Å²) in [6.07, 6.45) is 5.10. The average molecular weight is 537 g/mol. The van der Waals surface area contributed by atoms with Crippen LogP contribution < -0.4 is 10.2 Å². The molecule has 3 heterocycles. The van der Waals surface area contributed by atoms with Gasteiger partial charge in [-0.05, 0) is 24.1 Å². The van der Waals surface area contributed by atoms with Crippen molar-refractivity contribution in [1.82, 2.24) is 24.9 Å². The van der Waals surface area contributed by atoms with Crippen LogP contribution in [0.25, 0.3) is 0 Å². The van der Waals surface area contributed by atoms with Gasteiger partial charge in [0, 0.05) is 71.2 Å². The van der Waals surface area contributed by atoms with Gasteiger partial charge in [0.2, 0.25) is 5.91 Å². The Bertz CT molecular complexity index is 877. The zero-order chi connectivity index (χ0) is 20.9. The number of aryl methyl sites for hydroxylation is 1. The number of hydrogen-bond donors (Lipinski definition) is 1. The molecule has 8 nitrogen and oxygen atoms in total. The summed E-state index contributed by atoms with van der Waals surface area (Å²) in [6, 6.07) is 10.4. The Kier molecular flexibility index (Phi) is 8.16. The van der Waals surface area contributed by atoms with E-state index in [4.69, 9.17) is 0 Å². The maximum atomic E-state index is 12.7. The Hall–Kier alpha value is -2.30. The Morgan fingerprint density at radius 2 is 1.87 bits per heavy atom. The van der Waals surface area contributed by atoms with Crippen molar-refractivity contribution in [3.63, 3.8) is 0 Å². The van der Waals surface area contributed by atoms with Gasteiger partial charge < -0.3 is 20.0 Å². The number of benzene rings is 1. The highest BCUT2D eigenvalue weighted by Crippen LogP contribution is 2.26. The monoisotopic (exact) mass is 537 g/mol. The van der Waals surface area contributed by atoms with E-state index in [1.165, 1.54) is 11.3 Å². The maximum Gasteiger partial charge on any atom is 0.242 e. The molecule has 1 unspecified atom stereocenters. The van der Waals surface area contributed by atoms with Crippen molar-refractivity contribution in [1.29, 1.82) is 0 Å². The molecule has 9 heteroatoms. The van der Waals surface area contributed by atoms with Crippen LogP contribution in [0.1, 0.15) is 17.9 Å². The molecule has 168 valence electrons. The van der Waals surface area contributed by atoms with Crippen LogP contribution in [0.15, 0.2) is 47.7 Å². The van der Waals surface area contributed by atoms with E-state index in [1.54, 1.807) is 7.05 Å². The summed E-state index contributed by atoms with van der Waals surface area (Å²) in [5.74, 6) is 1.39. The van der Waals surface area contributed by atoms with Crippen molar-refractivity contribution in [2.45, 2.75) is 12.3 Å². The third-order valence-corrected chi connectivity index (χ3v) is 6.05. The minimum atomic E-state index is 0. The van der Waals surface area contributed by atoms with Crippen LogP contribution in [-0.2, 0) is 11.8 Å². The van der Waals surface area contributed by atoms with Gasteiger partial charge in [-0.2, -0.15) is 5.10 Å². The number of nitrogens with one attached hydrogen (secondary N) is 1. The second-order valence-electron chi connectivity index (χ2n) is 7.98. The fourth-order valence-electron chi connectivity index (χ4n) is 4.33. The van der Waals surface area contributed by atoms with E-state index in [2.05, 4.69) is 55.7 Å². The normalized spacial score (nSPS) is 19.4. The number of guanidine groups is 1. The lowest BCUT2D eigenvalue weighted by Crippen LogP contribution is -2.52. The van der Waals surface area contributed by atoms with Crippen LogP contribution >= 0.6 is 24.0 Å². The second-order valence-corrected chi connectivity index (χ2v) is 7.98. The van der Waals surface area contributed by atoms with Crippen LogP contribution in [0.3, 0.4) is 0 Å². The zero-order valence-corrected chi connectivity index (χ0v) is 20.6. The average Bonchev–Trinajstić information content (AvgIpc) is 3.44. The molecule has 2 aromatic rings. The number of aromatic nitrogens is 2. The highest BCUT2D eigenvalue weighted by Gasteiger charge is 2.28. The lowest BCUT2D eigenvalue weighted by Gasteiger charge is -2.36. The van der Waals surface area contributed by atoms with Crippen LogP contribution in [0.4, 0.5) is 5.69 Å². The summed E-state index contributed by atoms with van der Waals surface area (Å²) in [6.45, 7) is 5.35. The van der Waals surface area contributed by atoms with E-state index in [9.17, 15) is 4.79 Å². The molecule has 0 spiro atoms. The van der Waals surface area contributed by atoms with E-state index in [-0.39, 0.29) is 36.4 Å². The number of carbonyl (C=O) groups excluding carboxylic acids is 1. The summed E-state index contributed by atoms with van der Waals surface area (Å²) in [5.41, 5.74) is 2.49. The summed E-state index contributed by atoms with van der Waals surface area (Å²) >= 11 is 0. The van der Waals surface area contributed by atoms with Gasteiger partial charge in [0.15, 0.2) is 5.96 Å². The molecule has 31 heavy (non-hydrogen) atoms. The fraction of sp³-hybridized carbons (Fsp3) is 0.500. The summed E-state index contributed by atoms with van der Waals surface area (Å²) < 4.78 is 1.85. The molecule has 1 atom stereocenters. The Balaban J connectivity index is 0.00000272. The lowest BCUT2D eigenvalue weighted by molar-refractivity contribution is -0.130. The first-order valence-electron chi connectivity index (χ1n) is 10.7. The molecule has 2 saturated heterocycles. The Labute approximate surface area is 201 Å². The number of amides is 1. The molecule has 1 aromatic carbocycles. The molecule has 4 rings (SSSR count). The van der Waals surface area contributed by atoms with Crippen LogP contribution in [-0.4, -0.2) is 84.3 Å². The summed E-state index contributed by atoms with van der Waals surface area (Å²) in [5, 5.41) is 7.56. The minimum absolute atomic E-state index is 0. The van der Waals surface area contributed by atoms with Gasteiger partial charge in [0.05, 0.1) is 12.7 Å². The van der Waals surface area contributed by atoms with Crippen LogP contribution in [0, 0.1) is 0 Å². The molecule has 1 N–H and O–H groups in total. The third kappa shape index (κ3) is 5.69. The van der Waals surface area contributed by atoms with Gasteiger partial charge in [0.25, 0.3) is 0 Å². The number of aliphatic imine (C=N–C) groups is 1. The van der Waals surface area contributed by atoms with Crippen LogP contribution in [0.5, 0.6) is 0 Å². The summed E-state index contributed by atoms with van der Waals surface area (Å²) in [4.78, 5) is 23.6. The number of para-hydroxylation sites is 1. The fourth-order valence-corrected chi connectivity index (χ4v) is 4.33. The van der Waals surface area contributed by atoms with Gasteiger partial charge in [-0.3, -0.25) is 14.5 Å². The molecule has 2 aliphatic heterocycles. The SMILES string of the molecule is CN=C(NCC(=O)N1CCN(c2ccccc2)CC1)N1CCC(c2cnn(C)c2)C1.I. The van der Waals surface area contributed by atoms with Crippen molar-refractivity contribution in [3.05, 3.63) is 48.3 Å². The lowest BCUT2D eigenvalue weighted by atomic mass is 10.0. The van der Waals surface area contributed by atoms with E-state index in [0.717, 1.165) is 51.6 Å². The Morgan fingerprint density at radius 3 is 2.52 bits per heavy atom. The van der Waals surface area contributed by atoms with Gasteiger partial charge in [0.1, 0.15) is 0 Å². The quantitative estimate of drug-likeness (QED) is 0.366. The number of halogens is 1. The van der Waals surface area contributed by atoms with Gasteiger partial charge >= 0.3 is 0 Å². The number of carbonyl (C=O) groups is 1. The number of piperazine rings is 1. The van der Waals surface area contributed by atoms with Crippen LogP contribution in [0.2, 0.25) is 0 Å².